The Labute approximate surface area is 68.2 Å². The molecule has 0 aliphatic heterocycles. The first-order chi connectivity index (χ1) is 5.38. The fraction of sp³-hybridized carbons (Fsp3) is 0.889. The van der Waals surface area contributed by atoms with Crippen molar-refractivity contribution in [3.05, 3.63) is 0 Å². The molecule has 1 atom stereocenters. The molecular formula is C9H15NO. The average Bonchev–Trinajstić information content (AvgIpc) is 2.52. The lowest BCUT2D eigenvalue weighted by molar-refractivity contribution is 0.147. The van der Waals surface area contributed by atoms with Gasteiger partial charge < -0.3 is 4.74 Å². The summed E-state index contributed by atoms with van der Waals surface area (Å²) in [5.41, 5.74) is 0. The van der Waals surface area contributed by atoms with Crippen LogP contribution in [0.2, 0.25) is 0 Å². The van der Waals surface area contributed by atoms with Crippen molar-refractivity contribution in [3.63, 3.8) is 0 Å². The molecule has 0 radical (unpaired) electrons. The number of rotatable bonds is 3. The average molecular weight is 153 g/mol. The third-order valence-corrected chi connectivity index (χ3v) is 2.48. The predicted octanol–water partition coefficient (Wildman–Crippen LogP) is 1.96. The Morgan fingerprint density at radius 3 is 2.64 bits per heavy atom. The molecule has 0 aromatic carbocycles. The Morgan fingerprint density at radius 2 is 2.18 bits per heavy atom. The van der Waals surface area contributed by atoms with Gasteiger partial charge in [-0.1, -0.05) is 12.8 Å². The molecule has 0 aromatic heterocycles. The summed E-state index contributed by atoms with van der Waals surface area (Å²) >= 11 is 0. The molecule has 1 saturated carbocycles. The first-order valence-corrected chi connectivity index (χ1v) is 4.27. The molecule has 2 heteroatoms. The molecule has 0 amide bonds. The zero-order chi connectivity index (χ0) is 8.10. The van der Waals surface area contributed by atoms with Crippen LogP contribution in [0.5, 0.6) is 0 Å². The normalized spacial score (nSPS) is 21.5. The maximum atomic E-state index is 8.79. The zero-order valence-electron chi connectivity index (χ0n) is 7.05. The summed E-state index contributed by atoms with van der Waals surface area (Å²) in [5, 5.41) is 8.79. The molecule has 1 unspecified atom stereocenters. The molecule has 0 heterocycles. The largest absolute Gasteiger partial charge is 0.383 e. The minimum Gasteiger partial charge on any atom is -0.383 e. The summed E-state index contributed by atoms with van der Waals surface area (Å²) in [7, 11) is 1.67. The fourth-order valence-corrected chi connectivity index (χ4v) is 1.82. The fourth-order valence-electron chi connectivity index (χ4n) is 1.82. The first kappa shape index (κ1) is 8.55. The summed E-state index contributed by atoms with van der Waals surface area (Å²) < 4.78 is 4.98. The van der Waals surface area contributed by atoms with E-state index < -0.39 is 0 Å². The second-order valence-electron chi connectivity index (χ2n) is 3.24. The highest BCUT2D eigenvalue weighted by atomic mass is 16.5. The highest BCUT2D eigenvalue weighted by Crippen LogP contribution is 2.30. The molecule has 11 heavy (non-hydrogen) atoms. The zero-order valence-corrected chi connectivity index (χ0v) is 7.05. The molecule has 62 valence electrons. The molecule has 1 rings (SSSR count). The van der Waals surface area contributed by atoms with Crippen molar-refractivity contribution >= 4 is 0 Å². The van der Waals surface area contributed by atoms with Gasteiger partial charge in [-0.25, -0.2) is 0 Å². The third-order valence-electron chi connectivity index (χ3n) is 2.48. The van der Waals surface area contributed by atoms with Crippen LogP contribution in [-0.4, -0.2) is 13.7 Å². The number of hydrogen-bond donors (Lipinski definition) is 0. The lowest BCUT2D eigenvalue weighted by Gasteiger charge is -2.14. The number of nitrogens with zero attached hydrogens (tertiary/aromatic N) is 1. The van der Waals surface area contributed by atoms with Gasteiger partial charge in [0.1, 0.15) is 0 Å². The number of nitriles is 1. The van der Waals surface area contributed by atoms with Crippen molar-refractivity contribution in [1.82, 2.24) is 0 Å². The number of methoxy groups -OCH3 is 1. The van der Waals surface area contributed by atoms with Gasteiger partial charge in [-0.3, -0.25) is 0 Å². The van der Waals surface area contributed by atoms with Crippen LogP contribution in [0.25, 0.3) is 0 Å². The molecule has 0 bridgehead atoms. The lowest BCUT2D eigenvalue weighted by Crippen LogP contribution is -2.15. The van der Waals surface area contributed by atoms with Gasteiger partial charge in [-0.2, -0.15) is 5.26 Å². The summed E-state index contributed by atoms with van der Waals surface area (Å²) in [5.74, 6) is 0.752. The molecule has 1 aliphatic rings. The van der Waals surface area contributed by atoms with Gasteiger partial charge in [0.25, 0.3) is 0 Å². The molecular weight excluding hydrogens is 138 g/mol. The van der Waals surface area contributed by atoms with Crippen LogP contribution in [0, 0.1) is 23.2 Å². The van der Waals surface area contributed by atoms with E-state index in [1.54, 1.807) is 7.11 Å². The van der Waals surface area contributed by atoms with E-state index in [4.69, 9.17) is 10.00 Å². The third kappa shape index (κ3) is 2.20. The molecule has 0 spiro atoms. The van der Waals surface area contributed by atoms with Crippen molar-refractivity contribution in [2.45, 2.75) is 25.7 Å². The van der Waals surface area contributed by atoms with Crippen LogP contribution >= 0.6 is 0 Å². The number of ether oxygens (including phenoxy) is 1. The summed E-state index contributed by atoms with van der Waals surface area (Å²) in [4.78, 5) is 0. The molecule has 1 aliphatic carbocycles. The number of hydrogen-bond acceptors (Lipinski definition) is 2. The van der Waals surface area contributed by atoms with E-state index in [0.29, 0.717) is 12.5 Å². The Hall–Kier alpha value is -0.550. The van der Waals surface area contributed by atoms with Crippen molar-refractivity contribution < 1.29 is 4.74 Å². The van der Waals surface area contributed by atoms with Gasteiger partial charge in [0.05, 0.1) is 18.6 Å². The topological polar surface area (TPSA) is 33.0 Å². The van der Waals surface area contributed by atoms with Crippen molar-refractivity contribution in [2.75, 3.05) is 13.7 Å². The highest BCUT2D eigenvalue weighted by molar-refractivity contribution is 4.89. The van der Waals surface area contributed by atoms with Crippen LogP contribution in [0.3, 0.4) is 0 Å². The molecule has 0 saturated heterocycles. The Morgan fingerprint density at radius 1 is 1.55 bits per heavy atom. The van der Waals surface area contributed by atoms with E-state index >= 15 is 0 Å². The van der Waals surface area contributed by atoms with E-state index in [-0.39, 0.29) is 5.92 Å². The molecule has 0 aromatic rings. The Kier molecular flexibility index (Phi) is 3.38. The second-order valence-corrected chi connectivity index (χ2v) is 3.24. The first-order valence-electron chi connectivity index (χ1n) is 4.27. The van der Waals surface area contributed by atoms with Crippen molar-refractivity contribution in [1.29, 1.82) is 5.26 Å². The maximum Gasteiger partial charge on any atom is 0.0725 e. The summed E-state index contributed by atoms with van der Waals surface area (Å²) in [6.07, 6.45) is 5.04. The van der Waals surface area contributed by atoms with Crippen LogP contribution < -0.4 is 0 Å². The van der Waals surface area contributed by atoms with E-state index in [9.17, 15) is 0 Å². The van der Waals surface area contributed by atoms with Gasteiger partial charge in [0.2, 0.25) is 0 Å². The Balaban J connectivity index is 2.35. The van der Waals surface area contributed by atoms with E-state index in [2.05, 4.69) is 6.07 Å². The van der Waals surface area contributed by atoms with Gasteiger partial charge in [-0.05, 0) is 18.8 Å². The minimum atomic E-state index is 0.141. The van der Waals surface area contributed by atoms with Crippen LogP contribution in [0.1, 0.15) is 25.7 Å². The molecule has 1 fully saturated rings. The molecule has 0 N–H and O–H groups in total. The van der Waals surface area contributed by atoms with Gasteiger partial charge in [-0.15, -0.1) is 0 Å². The Bertz CT molecular complexity index is 144. The summed E-state index contributed by atoms with van der Waals surface area (Å²) in [6.45, 7) is 0.612. The highest BCUT2D eigenvalue weighted by Gasteiger charge is 2.24. The van der Waals surface area contributed by atoms with E-state index in [1.807, 2.05) is 0 Å². The van der Waals surface area contributed by atoms with E-state index in [0.717, 1.165) is 0 Å². The maximum absolute atomic E-state index is 8.79. The van der Waals surface area contributed by atoms with Crippen LogP contribution in [0.4, 0.5) is 0 Å². The second kappa shape index (κ2) is 4.35. The van der Waals surface area contributed by atoms with Gasteiger partial charge in [0, 0.05) is 7.11 Å². The van der Waals surface area contributed by atoms with Gasteiger partial charge >= 0.3 is 0 Å². The quantitative estimate of drug-likeness (QED) is 0.621. The lowest BCUT2D eigenvalue weighted by atomic mass is 9.93. The SMILES string of the molecule is COCC(C#N)C1CCCC1. The van der Waals surface area contributed by atoms with Crippen molar-refractivity contribution in [3.8, 4) is 6.07 Å². The van der Waals surface area contributed by atoms with Crippen LogP contribution in [0.15, 0.2) is 0 Å². The molecule has 2 nitrogen and oxygen atoms in total. The van der Waals surface area contributed by atoms with Crippen LogP contribution in [-0.2, 0) is 4.74 Å². The monoisotopic (exact) mass is 153 g/mol. The van der Waals surface area contributed by atoms with E-state index in [1.165, 1.54) is 25.7 Å². The minimum absolute atomic E-state index is 0.141. The van der Waals surface area contributed by atoms with Crippen molar-refractivity contribution in [2.24, 2.45) is 11.8 Å². The predicted molar refractivity (Wildman–Crippen MR) is 42.9 cm³/mol. The standard InChI is InChI=1S/C9H15NO/c1-11-7-9(6-10)8-4-2-3-5-8/h8-9H,2-5,7H2,1H3. The van der Waals surface area contributed by atoms with Gasteiger partial charge in [0.15, 0.2) is 0 Å². The smallest absolute Gasteiger partial charge is 0.0725 e. The summed E-state index contributed by atoms with van der Waals surface area (Å²) in [6, 6.07) is 2.32.